The Morgan fingerprint density at radius 2 is 2.07 bits per heavy atom. The van der Waals surface area contributed by atoms with Gasteiger partial charge in [-0.25, -0.2) is 4.79 Å². The first kappa shape index (κ1) is 11.9. The van der Waals surface area contributed by atoms with Gasteiger partial charge in [-0.3, -0.25) is 4.79 Å². The highest BCUT2D eigenvalue weighted by Gasteiger charge is 2.34. The molecule has 1 heterocycles. The monoisotopic (exact) mass is 217 g/mol. The Labute approximate surface area is 87.2 Å². The van der Waals surface area contributed by atoms with Crippen LogP contribution in [0.25, 0.3) is 0 Å². The summed E-state index contributed by atoms with van der Waals surface area (Å²) in [7, 11) is 0. The molecule has 0 spiro atoms. The molecule has 0 aromatic carbocycles. The maximum absolute atomic E-state index is 11.4. The fourth-order valence-corrected chi connectivity index (χ4v) is 1.39. The quantitative estimate of drug-likeness (QED) is 0.568. The van der Waals surface area contributed by atoms with Crippen LogP contribution in [0.15, 0.2) is 0 Å². The van der Waals surface area contributed by atoms with Gasteiger partial charge in [-0.1, -0.05) is 0 Å². The number of aliphatic hydroxyl groups is 1. The van der Waals surface area contributed by atoms with Crippen LogP contribution in [0.2, 0.25) is 0 Å². The van der Waals surface area contributed by atoms with Crippen molar-refractivity contribution in [2.75, 3.05) is 6.61 Å². The summed E-state index contributed by atoms with van der Waals surface area (Å²) in [5, 5.41) is 19.9. The van der Waals surface area contributed by atoms with Gasteiger partial charge in [0, 0.05) is 6.04 Å². The third kappa shape index (κ3) is 3.17. The van der Waals surface area contributed by atoms with Gasteiger partial charge in [-0.2, -0.15) is 0 Å². The van der Waals surface area contributed by atoms with Gasteiger partial charge in [0.2, 0.25) is 5.91 Å². The fraction of sp³-hybridized carbons (Fsp3) is 0.778. The molecule has 1 saturated heterocycles. The van der Waals surface area contributed by atoms with E-state index in [1.165, 1.54) is 0 Å². The van der Waals surface area contributed by atoms with Gasteiger partial charge < -0.3 is 20.3 Å². The van der Waals surface area contributed by atoms with Crippen molar-refractivity contribution in [2.24, 2.45) is 0 Å². The molecule has 3 atom stereocenters. The zero-order valence-corrected chi connectivity index (χ0v) is 8.47. The van der Waals surface area contributed by atoms with Gasteiger partial charge in [-0.05, 0) is 19.8 Å². The molecule has 1 aliphatic heterocycles. The van der Waals surface area contributed by atoms with Crippen molar-refractivity contribution in [1.29, 1.82) is 0 Å². The Hall–Kier alpha value is -1.14. The van der Waals surface area contributed by atoms with Gasteiger partial charge >= 0.3 is 5.97 Å². The SMILES string of the molecule is C[C@@H](CO)NC(=O)C1CCC(C(=O)O)O1. The summed E-state index contributed by atoms with van der Waals surface area (Å²) in [6, 6.07) is -0.343. The van der Waals surface area contributed by atoms with Gasteiger partial charge in [-0.15, -0.1) is 0 Å². The molecule has 15 heavy (non-hydrogen) atoms. The highest BCUT2D eigenvalue weighted by molar-refractivity contribution is 5.82. The number of nitrogens with one attached hydrogen (secondary N) is 1. The number of carbonyl (C=O) groups is 2. The topological polar surface area (TPSA) is 95.9 Å². The van der Waals surface area contributed by atoms with Gasteiger partial charge in [0.1, 0.15) is 6.10 Å². The number of rotatable bonds is 4. The second-order valence-electron chi connectivity index (χ2n) is 3.62. The molecule has 3 N–H and O–H groups in total. The molecule has 0 radical (unpaired) electrons. The summed E-state index contributed by atoms with van der Waals surface area (Å²) in [5.41, 5.74) is 0. The van der Waals surface area contributed by atoms with E-state index < -0.39 is 18.2 Å². The summed E-state index contributed by atoms with van der Waals surface area (Å²) in [6.45, 7) is 1.50. The molecule has 1 rings (SSSR count). The Morgan fingerprint density at radius 1 is 1.47 bits per heavy atom. The first-order valence-electron chi connectivity index (χ1n) is 4.84. The van der Waals surface area contributed by atoms with Crippen LogP contribution in [-0.2, 0) is 14.3 Å². The maximum atomic E-state index is 11.4. The zero-order valence-electron chi connectivity index (χ0n) is 8.47. The van der Waals surface area contributed by atoms with E-state index in [-0.39, 0.29) is 18.6 Å². The Balaban J connectivity index is 2.40. The minimum Gasteiger partial charge on any atom is -0.479 e. The normalized spacial score (nSPS) is 27.3. The molecule has 1 fully saturated rings. The molecular formula is C9H15NO5. The van der Waals surface area contributed by atoms with Crippen molar-refractivity contribution >= 4 is 11.9 Å². The van der Waals surface area contributed by atoms with Crippen molar-refractivity contribution < 1.29 is 24.5 Å². The Bertz CT molecular complexity index is 255. The van der Waals surface area contributed by atoms with E-state index in [0.717, 1.165) is 0 Å². The molecule has 0 bridgehead atoms. The number of carboxylic acids is 1. The van der Waals surface area contributed by atoms with Crippen molar-refractivity contribution in [3.63, 3.8) is 0 Å². The zero-order chi connectivity index (χ0) is 11.4. The minimum absolute atomic E-state index is 0.152. The van der Waals surface area contributed by atoms with Crippen LogP contribution in [0.5, 0.6) is 0 Å². The number of carbonyl (C=O) groups excluding carboxylic acids is 1. The molecule has 6 heteroatoms. The number of hydrogen-bond acceptors (Lipinski definition) is 4. The smallest absolute Gasteiger partial charge is 0.332 e. The first-order chi connectivity index (χ1) is 7.04. The number of hydrogen-bond donors (Lipinski definition) is 3. The lowest BCUT2D eigenvalue weighted by Gasteiger charge is -2.15. The summed E-state index contributed by atoms with van der Waals surface area (Å²) in [6.07, 6.45) is -0.840. The van der Waals surface area contributed by atoms with E-state index in [2.05, 4.69) is 5.32 Å². The molecule has 1 amide bonds. The van der Waals surface area contributed by atoms with E-state index in [0.29, 0.717) is 12.8 Å². The predicted octanol–water partition coefficient (Wildman–Crippen LogP) is -0.884. The fourth-order valence-electron chi connectivity index (χ4n) is 1.39. The van der Waals surface area contributed by atoms with Crippen LogP contribution in [0, 0.1) is 0 Å². The molecule has 0 aliphatic carbocycles. The predicted molar refractivity (Wildman–Crippen MR) is 50.2 cm³/mol. The second kappa shape index (κ2) is 5.09. The van der Waals surface area contributed by atoms with Crippen LogP contribution in [0.3, 0.4) is 0 Å². The largest absolute Gasteiger partial charge is 0.479 e. The number of carboxylic acid groups (broad SMARTS) is 1. The lowest BCUT2D eigenvalue weighted by Crippen LogP contribution is -2.42. The molecule has 1 aliphatic rings. The van der Waals surface area contributed by atoms with Crippen molar-refractivity contribution in [3.05, 3.63) is 0 Å². The van der Waals surface area contributed by atoms with Gasteiger partial charge in [0.05, 0.1) is 6.61 Å². The molecular weight excluding hydrogens is 202 g/mol. The average molecular weight is 217 g/mol. The molecule has 0 aromatic heterocycles. The highest BCUT2D eigenvalue weighted by Crippen LogP contribution is 2.19. The van der Waals surface area contributed by atoms with Crippen molar-refractivity contribution in [1.82, 2.24) is 5.32 Å². The molecule has 2 unspecified atom stereocenters. The van der Waals surface area contributed by atoms with Crippen LogP contribution in [0.1, 0.15) is 19.8 Å². The van der Waals surface area contributed by atoms with Crippen molar-refractivity contribution in [3.8, 4) is 0 Å². The lowest BCUT2D eigenvalue weighted by molar-refractivity contribution is -0.151. The third-order valence-corrected chi connectivity index (χ3v) is 2.25. The van der Waals surface area contributed by atoms with E-state index >= 15 is 0 Å². The summed E-state index contributed by atoms with van der Waals surface area (Å²) >= 11 is 0. The lowest BCUT2D eigenvalue weighted by atomic mass is 10.2. The summed E-state index contributed by atoms with van der Waals surface area (Å²) in [4.78, 5) is 22.0. The van der Waals surface area contributed by atoms with E-state index in [9.17, 15) is 9.59 Å². The number of aliphatic carboxylic acids is 1. The van der Waals surface area contributed by atoms with Gasteiger partial charge in [0.15, 0.2) is 6.10 Å². The minimum atomic E-state index is -1.04. The number of amides is 1. The van der Waals surface area contributed by atoms with E-state index in [4.69, 9.17) is 14.9 Å². The van der Waals surface area contributed by atoms with Crippen LogP contribution in [-0.4, -0.2) is 46.9 Å². The number of aliphatic hydroxyl groups excluding tert-OH is 1. The average Bonchev–Trinajstić information content (AvgIpc) is 2.66. The van der Waals surface area contributed by atoms with Crippen molar-refractivity contribution in [2.45, 2.75) is 38.0 Å². The van der Waals surface area contributed by atoms with Gasteiger partial charge in [0.25, 0.3) is 0 Å². The summed E-state index contributed by atoms with van der Waals surface area (Å²) in [5.74, 6) is -1.40. The second-order valence-corrected chi connectivity index (χ2v) is 3.62. The van der Waals surface area contributed by atoms with Crippen LogP contribution < -0.4 is 5.32 Å². The van der Waals surface area contributed by atoms with Crippen LogP contribution >= 0.6 is 0 Å². The van der Waals surface area contributed by atoms with Crippen LogP contribution in [0.4, 0.5) is 0 Å². The Morgan fingerprint density at radius 3 is 2.53 bits per heavy atom. The highest BCUT2D eigenvalue weighted by atomic mass is 16.5. The maximum Gasteiger partial charge on any atom is 0.332 e. The Kier molecular flexibility index (Phi) is 4.05. The molecule has 0 aromatic rings. The number of ether oxygens (including phenoxy) is 1. The standard InChI is InChI=1S/C9H15NO5/c1-5(4-11)10-8(12)6-2-3-7(15-6)9(13)14/h5-7,11H,2-4H2,1H3,(H,10,12)(H,13,14)/t5-,6?,7?/m0/s1. The molecule has 0 saturated carbocycles. The molecule has 86 valence electrons. The third-order valence-electron chi connectivity index (χ3n) is 2.25. The molecule has 6 nitrogen and oxygen atoms in total. The first-order valence-corrected chi connectivity index (χ1v) is 4.84. The van der Waals surface area contributed by atoms with E-state index in [1.54, 1.807) is 6.92 Å². The van der Waals surface area contributed by atoms with E-state index in [1.807, 2.05) is 0 Å². The summed E-state index contributed by atoms with van der Waals surface area (Å²) < 4.78 is 5.04.